The van der Waals surface area contributed by atoms with Gasteiger partial charge in [-0.15, -0.1) is 11.8 Å². The van der Waals surface area contributed by atoms with E-state index in [-0.39, 0.29) is 12.1 Å². The molecule has 0 amide bonds. The Kier molecular flexibility index (Phi) is 5.55. The van der Waals surface area contributed by atoms with Gasteiger partial charge in [-0.25, -0.2) is 4.98 Å². The summed E-state index contributed by atoms with van der Waals surface area (Å²) >= 11 is 7.60. The molecule has 0 radical (unpaired) electrons. The third kappa shape index (κ3) is 3.94. The van der Waals surface area contributed by atoms with Crippen LogP contribution < -0.4 is 5.32 Å². The van der Waals surface area contributed by atoms with Crippen molar-refractivity contribution < 1.29 is 5.11 Å². The van der Waals surface area contributed by atoms with Crippen LogP contribution in [0.25, 0.3) is 0 Å². The van der Waals surface area contributed by atoms with Crippen molar-refractivity contribution in [3.05, 3.63) is 23.4 Å². The van der Waals surface area contributed by atoms with Crippen LogP contribution in [0.3, 0.4) is 0 Å². The molecule has 0 aliphatic heterocycles. The van der Waals surface area contributed by atoms with E-state index in [1.807, 2.05) is 26.1 Å². The predicted octanol–water partition coefficient (Wildman–Crippen LogP) is 2.19. The molecule has 16 heavy (non-hydrogen) atoms. The lowest BCUT2D eigenvalue weighted by Crippen LogP contribution is -2.43. The van der Waals surface area contributed by atoms with Gasteiger partial charge in [-0.05, 0) is 32.5 Å². The Bertz CT molecular complexity index is 332. The molecule has 90 valence electrons. The highest BCUT2D eigenvalue weighted by atomic mass is 35.5. The molecule has 1 rings (SSSR count). The first-order valence-electron chi connectivity index (χ1n) is 5.14. The molecule has 2 N–H and O–H groups in total. The Balaban J connectivity index is 2.44. The second-order valence-corrected chi connectivity index (χ2v) is 5.35. The van der Waals surface area contributed by atoms with Crippen LogP contribution in [0, 0.1) is 0 Å². The maximum atomic E-state index is 9.22. The first kappa shape index (κ1) is 13.8. The molecule has 0 fully saturated rings. The van der Waals surface area contributed by atoms with Crippen LogP contribution in [-0.4, -0.2) is 35.0 Å². The number of aliphatic hydroxyl groups excluding tert-OH is 1. The average molecular weight is 261 g/mol. The second kappa shape index (κ2) is 6.45. The van der Waals surface area contributed by atoms with Crippen molar-refractivity contribution in [1.82, 2.24) is 10.3 Å². The molecule has 5 heteroatoms. The molecule has 1 aromatic rings. The minimum Gasteiger partial charge on any atom is -0.394 e. The summed E-state index contributed by atoms with van der Waals surface area (Å²) in [4.78, 5) is 4.20. The fraction of sp³-hybridized carbons (Fsp3) is 0.545. The van der Waals surface area contributed by atoms with E-state index >= 15 is 0 Å². The van der Waals surface area contributed by atoms with Crippen LogP contribution in [0.15, 0.2) is 23.4 Å². The van der Waals surface area contributed by atoms with Gasteiger partial charge >= 0.3 is 0 Å². The van der Waals surface area contributed by atoms with Gasteiger partial charge in [-0.3, -0.25) is 0 Å². The van der Waals surface area contributed by atoms with Gasteiger partial charge in [-0.2, -0.15) is 0 Å². The van der Waals surface area contributed by atoms with Crippen LogP contribution in [0.1, 0.15) is 13.3 Å². The van der Waals surface area contributed by atoms with Crippen LogP contribution in [0.4, 0.5) is 0 Å². The first-order chi connectivity index (χ1) is 7.61. The molecule has 3 nitrogen and oxygen atoms in total. The highest BCUT2D eigenvalue weighted by Crippen LogP contribution is 2.26. The Morgan fingerprint density at radius 3 is 2.94 bits per heavy atom. The first-order valence-corrected chi connectivity index (χ1v) is 6.51. The molecule has 0 bridgehead atoms. The summed E-state index contributed by atoms with van der Waals surface area (Å²) in [5.41, 5.74) is -0.228. The Morgan fingerprint density at radius 1 is 1.62 bits per heavy atom. The second-order valence-electron chi connectivity index (χ2n) is 3.86. The maximum absolute atomic E-state index is 9.22. The summed E-state index contributed by atoms with van der Waals surface area (Å²) in [7, 11) is 1.86. The summed E-state index contributed by atoms with van der Waals surface area (Å²) in [5.74, 6) is 0.870. The van der Waals surface area contributed by atoms with E-state index in [1.54, 1.807) is 18.0 Å². The number of likely N-dealkylation sites (N-methyl/N-ethyl adjacent to an activating group) is 1. The topological polar surface area (TPSA) is 45.1 Å². The standard InChI is InChI=1S/C11H17ClN2OS/c1-11(8-15,13-2)5-7-16-10-9(12)4-3-6-14-10/h3-4,6,13,15H,5,7-8H2,1-2H3. The number of nitrogens with one attached hydrogen (secondary N) is 1. The highest BCUT2D eigenvalue weighted by molar-refractivity contribution is 7.99. The van der Waals surface area contributed by atoms with Crippen molar-refractivity contribution in [2.24, 2.45) is 0 Å². The van der Waals surface area contributed by atoms with Gasteiger partial charge in [0.1, 0.15) is 5.03 Å². The molecule has 1 heterocycles. The fourth-order valence-corrected chi connectivity index (χ4v) is 2.51. The molecular formula is C11H17ClN2OS. The van der Waals surface area contributed by atoms with E-state index in [1.165, 1.54) is 0 Å². The van der Waals surface area contributed by atoms with Gasteiger partial charge in [0.15, 0.2) is 0 Å². The zero-order valence-electron chi connectivity index (χ0n) is 9.53. The molecule has 0 spiro atoms. The molecule has 0 saturated heterocycles. The van der Waals surface area contributed by atoms with Gasteiger partial charge in [0.05, 0.1) is 11.6 Å². The van der Waals surface area contributed by atoms with Crippen molar-refractivity contribution in [2.75, 3.05) is 19.4 Å². The van der Waals surface area contributed by atoms with Gasteiger partial charge in [0.25, 0.3) is 0 Å². The van der Waals surface area contributed by atoms with Crippen molar-refractivity contribution >= 4 is 23.4 Å². The third-order valence-electron chi connectivity index (χ3n) is 2.57. The van der Waals surface area contributed by atoms with Gasteiger partial charge in [-0.1, -0.05) is 11.6 Å². The summed E-state index contributed by atoms with van der Waals surface area (Å²) in [6, 6.07) is 3.65. The Hall–Kier alpha value is -0.290. The monoisotopic (exact) mass is 260 g/mol. The lowest BCUT2D eigenvalue weighted by molar-refractivity contribution is 0.179. The number of rotatable bonds is 6. The van der Waals surface area contributed by atoms with Crippen LogP contribution in [0.2, 0.25) is 5.02 Å². The third-order valence-corrected chi connectivity index (χ3v) is 3.99. The van der Waals surface area contributed by atoms with Crippen molar-refractivity contribution in [2.45, 2.75) is 23.9 Å². The van der Waals surface area contributed by atoms with E-state index in [0.29, 0.717) is 5.02 Å². The molecule has 0 saturated carbocycles. The molecule has 1 unspecified atom stereocenters. The van der Waals surface area contributed by atoms with Gasteiger partial charge in [0.2, 0.25) is 0 Å². The quantitative estimate of drug-likeness (QED) is 0.770. The van der Waals surface area contributed by atoms with Crippen molar-refractivity contribution in [1.29, 1.82) is 0 Å². The zero-order chi connectivity index (χ0) is 12.0. The summed E-state index contributed by atoms with van der Waals surface area (Å²) < 4.78 is 0. The number of pyridine rings is 1. The van der Waals surface area contributed by atoms with E-state index in [2.05, 4.69) is 10.3 Å². The van der Waals surface area contributed by atoms with Crippen LogP contribution >= 0.6 is 23.4 Å². The van der Waals surface area contributed by atoms with Crippen molar-refractivity contribution in [3.63, 3.8) is 0 Å². The lowest BCUT2D eigenvalue weighted by atomic mass is 10.0. The van der Waals surface area contributed by atoms with E-state index in [9.17, 15) is 5.11 Å². The Labute approximate surface area is 106 Å². The molecule has 0 aromatic carbocycles. The molecule has 0 aliphatic rings. The van der Waals surface area contributed by atoms with Crippen molar-refractivity contribution in [3.8, 4) is 0 Å². The average Bonchev–Trinajstić information content (AvgIpc) is 2.31. The van der Waals surface area contributed by atoms with Gasteiger partial charge < -0.3 is 10.4 Å². The molecule has 0 aliphatic carbocycles. The highest BCUT2D eigenvalue weighted by Gasteiger charge is 2.20. The maximum Gasteiger partial charge on any atom is 0.115 e. The van der Waals surface area contributed by atoms with Crippen LogP contribution in [-0.2, 0) is 0 Å². The Morgan fingerprint density at radius 2 is 2.38 bits per heavy atom. The molecule has 1 aromatic heterocycles. The van der Waals surface area contributed by atoms with E-state index < -0.39 is 0 Å². The molecule has 1 atom stereocenters. The van der Waals surface area contributed by atoms with Gasteiger partial charge in [0, 0.05) is 17.5 Å². The number of thioether (sulfide) groups is 1. The summed E-state index contributed by atoms with van der Waals surface area (Å²) in [6.45, 7) is 2.12. The van der Waals surface area contributed by atoms with E-state index in [4.69, 9.17) is 11.6 Å². The SMILES string of the molecule is CNC(C)(CO)CCSc1ncccc1Cl. The number of halogens is 1. The molecular weight excluding hydrogens is 244 g/mol. The van der Waals surface area contributed by atoms with E-state index in [0.717, 1.165) is 17.2 Å². The summed E-state index contributed by atoms with van der Waals surface area (Å²) in [5, 5.41) is 13.9. The predicted molar refractivity (Wildman–Crippen MR) is 69.1 cm³/mol. The minimum atomic E-state index is -0.228. The zero-order valence-corrected chi connectivity index (χ0v) is 11.1. The smallest absolute Gasteiger partial charge is 0.115 e. The minimum absolute atomic E-state index is 0.125. The summed E-state index contributed by atoms with van der Waals surface area (Å²) in [6.07, 6.45) is 2.59. The lowest BCUT2D eigenvalue weighted by Gasteiger charge is -2.26. The number of hydrogen-bond acceptors (Lipinski definition) is 4. The number of nitrogens with zero attached hydrogens (tertiary/aromatic N) is 1. The number of aromatic nitrogens is 1. The number of aliphatic hydroxyl groups is 1. The fourth-order valence-electron chi connectivity index (χ4n) is 1.13. The number of hydrogen-bond donors (Lipinski definition) is 2. The van der Waals surface area contributed by atoms with Crippen LogP contribution in [0.5, 0.6) is 0 Å². The largest absolute Gasteiger partial charge is 0.394 e. The normalized spacial score (nSPS) is 14.8.